The summed E-state index contributed by atoms with van der Waals surface area (Å²) in [4.78, 5) is 59.9. The Kier molecular flexibility index (Phi) is 9.86. The van der Waals surface area contributed by atoms with E-state index in [4.69, 9.17) is 9.47 Å². The molecule has 234 valence electrons. The van der Waals surface area contributed by atoms with E-state index in [9.17, 15) is 19.2 Å². The highest BCUT2D eigenvalue weighted by molar-refractivity contribution is 6.31. The van der Waals surface area contributed by atoms with Crippen LogP contribution in [0, 0.1) is 13.8 Å². The van der Waals surface area contributed by atoms with E-state index in [0.29, 0.717) is 35.4 Å². The lowest BCUT2D eigenvalue weighted by Gasteiger charge is -2.07. The van der Waals surface area contributed by atoms with Crippen LogP contribution in [-0.2, 0) is 35.1 Å². The summed E-state index contributed by atoms with van der Waals surface area (Å²) >= 11 is 0. The Morgan fingerprint density at radius 1 is 0.800 bits per heavy atom. The summed E-state index contributed by atoms with van der Waals surface area (Å²) in [6.45, 7) is 15.2. The first-order valence-corrected chi connectivity index (χ1v) is 14.5. The predicted octanol–water partition coefficient (Wildman–Crippen LogP) is 3.54. The molecule has 0 aromatic carbocycles. The van der Waals surface area contributed by atoms with E-state index in [1.54, 1.807) is 13.0 Å². The molecule has 10 heteroatoms. The lowest BCUT2D eigenvalue weighted by atomic mass is 10.0. The minimum absolute atomic E-state index is 0.134. The van der Waals surface area contributed by atoms with Gasteiger partial charge in [-0.25, -0.2) is 4.99 Å². The minimum Gasteiger partial charge on any atom is -0.469 e. The zero-order valence-corrected chi connectivity index (χ0v) is 26.5. The number of rotatable bonds is 11. The zero-order valence-electron chi connectivity index (χ0n) is 26.5. The monoisotopic (exact) mass is 610 g/mol. The molecular formula is C35H38N4O6. The first-order chi connectivity index (χ1) is 21.4. The van der Waals surface area contributed by atoms with Gasteiger partial charge in [-0.2, -0.15) is 0 Å². The lowest BCUT2D eigenvalue weighted by molar-refractivity contribution is -0.141. The number of allylic oxidation sites excluding steroid dienone is 2. The molecule has 0 fully saturated rings. The third-order valence-corrected chi connectivity index (χ3v) is 8.31. The highest BCUT2D eigenvalue weighted by atomic mass is 16.5. The minimum atomic E-state index is -0.365. The summed E-state index contributed by atoms with van der Waals surface area (Å²) in [5.74, 6) is -1.24. The molecule has 2 aromatic heterocycles. The summed E-state index contributed by atoms with van der Waals surface area (Å²) < 4.78 is 9.68. The number of ether oxygens (including phenoxy) is 2. The fourth-order valence-electron chi connectivity index (χ4n) is 5.54. The second-order valence-electron chi connectivity index (χ2n) is 10.9. The number of methoxy groups -OCH3 is 2. The van der Waals surface area contributed by atoms with Gasteiger partial charge in [0.05, 0.1) is 19.9 Å². The molecule has 2 amide bonds. The number of H-pyrrole nitrogens is 2. The number of amides is 2. The summed E-state index contributed by atoms with van der Waals surface area (Å²) in [5, 5.41) is 4.48. The van der Waals surface area contributed by atoms with Crippen LogP contribution in [-0.4, -0.2) is 53.7 Å². The van der Waals surface area contributed by atoms with Crippen LogP contribution in [0.25, 0.3) is 24.3 Å². The van der Waals surface area contributed by atoms with Crippen LogP contribution in [0.15, 0.2) is 52.2 Å². The standard InChI is InChI=1S/C35H38N4O6/c1-9-22-18(3)26(36-29(22)16-28-19(4)23(10-2)35(43)38-28)15-27-20(5)24(11-13-32(40)44-7)30(37-27)17-31-25(12-14-33(41)45-8)21(6)34(42)39-31/h9-10,15-17,36-37H,1-2,11-14H2,3-8H3,(H,39,42)/b26-15-,29-16-,31-17-. The molecule has 0 radical (unpaired) electrons. The summed E-state index contributed by atoms with van der Waals surface area (Å²) in [6.07, 6.45) is 9.97. The van der Waals surface area contributed by atoms with Crippen LogP contribution in [0.4, 0.5) is 0 Å². The maximum Gasteiger partial charge on any atom is 0.305 e. The third kappa shape index (κ3) is 6.64. The number of aromatic amines is 2. The SMILES string of the molecule is C=CC1=C(C)C(/C=c2\[nH]/c(=C\c3[nH]c(/C=C4\NC(=O)C(C)=C4CCC(=O)OC)c(CCC(=O)OC)c3C)c(C)c2C=C)=NC1=O. The second kappa shape index (κ2) is 13.6. The Bertz CT molecular complexity index is 1890. The molecule has 0 atom stereocenters. The van der Waals surface area contributed by atoms with E-state index in [2.05, 4.69) is 33.4 Å². The van der Waals surface area contributed by atoms with Crippen molar-refractivity contribution in [3.05, 3.63) is 91.6 Å². The number of aliphatic imine (C=N–C) groups is 1. The number of esters is 2. The number of nitrogens with zero attached hydrogens (tertiary/aromatic N) is 1. The maximum atomic E-state index is 12.6. The fourth-order valence-corrected chi connectivity index (χ4v) is 5.54. The maximum absolute atomic E-state index is 12.6. The van der Waals surface area contributed by atoms with Gasteiger partial charge in [0.1, 0.15) is 0 Å². The van der Waals surface area contributed by atoms with E-state index < -0.39 is 0 Å². The Morgan fingerprint density at radius 3 is 2.07 bits per heavy atom. The lowest BCUT2D eigenvalue weighted by Crippen LogP contribution is -2.15. The Hall–Kier alpha value is -5.25. The highest BCUT2D eigenvalue weighted by Gasteiger charge is 2.25. The van der Waals surface area contributed by atoms with Gasteiger partial charge in [0, 0.05) is 57.3 Å². The van der Waals surface area contributed by atoms with Crippen molar-refractivity contribution < 1.29 is 28.7 Å². The molecule has 4 heterocycles. The van der Waals surface area contributed by atoms with Crippen molar-refractivity contribution in [3.8, 4) is 0 Å². The summed E-state index contributed by atoms with van der Waals surface area (Å²) in [7, 11) is 2.68. The molecule has 2 aliphatic rings. The van der Waals surface area contributed by atoms with Gasteiger partial charge in [-0.1, -0.05) is 25.3 Å². The predicted molar refractivity (Wildman–Crippen MR) is 174 cm³/mol. The molecule has 4 rings (SSSR count). The molecule has 0 aliphatic carbocycles. The molecule has 3 N–H and O–H groups in total. The van der Waals surface area contributed by atoms with E-state index in [0.717, 1.165) is 55.5 Å². The first-order valence-electron chi connectivity index (χ1n) is 14.5. The molecule has 0 spiro atoms. The Morgan fingerprint density at radius 2 is 1.47 bits per heavy atom. The van der Waals surface area contributed by atoms with Gasteiger partial charge in [0.15, 0.2) is 0 Å². The molecule has 45 heavy (non-hydrogen) atoms. The van der Waals surface area contributed by atoms with Crippen LogP contribution >= 0.6 is 0 Å². The van der Waals surface area contributed by atoms with Crippen molar-refractivity contribution >= 4 is 53.8 Å². The molecule has 0 unspecified atom stereocenters. The zero-order chi connectivity index (χ0) is 33.0. The summed E-state index contributed by atoms with van der Waals surface area (Å²) in [6, 6.07) is 0. The van der Waals surface area contributed by atoms with Crippen LogP contribution in [0.5, 0.6) is 0 Å². The molecular weight excluding hydrogens is 572 g/mol. The Balaban J connectivity index is 1.84. The number of hydrogen-bond acceptors (Lipinski definition) is 6. The van der Waals surface area contributed by atoms with E-state index in [-0.39, 0.29) is 36.6 Å². The van der Waals surface area contributed by atoms with Crippen LogP contribution < -0.4 is 16.0 Å². The van der Waals surface area contributed by atoms with Crippen molar-refractivity contribution in [2.24, 2.45) is 4.99 Å². The average Bonchev–Trinajstić information content (AvgIpc) is 3.66. The number of nitrogens with one attached hydrogen (secondary N) is 3. The van der Waals surface area contributed by atoms with Crippen molar-refractivity contribution in [2.45, 2.75) is 53.4 Å². The van der Waals surface area contributed by atoms with Gasteiger partial charge in [-0.15, -0.1) is 0 Å². The van der Waals surface area contributed by atoms with Crippen LogP contribution in [0.3, 0.4) is 0 Å². The van der Waals surface area contributed by atoms with Crippen molar-refractivity contribution in [1.82, 2.24) is 15.3 Å². The average molecular weight is 611 g/mol. The van der Waals surface area contributed by atoms with E-state index in [1.807, 2.05) is 39.0 Å². The first kappa shape index (κ1) is 32.7. The van der Waals surface area contributed by atoms with Gasteiger partial charge >= 0.3 is 11.9 Å². The van der Waals surface area contributed by atoms with Gasteiger partial charge < -0.3 is 24.8 Å². The summed E-state index contributed by atoms with van der Waals surface area (Å²) in [5.41, 5.74) is 8.81. The van der Waals surface area contributed by atoms with Gasteiger partial charge in [-0.3, -0.25) is 19.2 Å². The molecule has 0 saturated heterocycles. The number of aromatic nitrogens is 2. The normalized spacial score (nSPS) is 16.6. The number of carbonyl (C=O) groups is 4. The highest BCUT2D eigenvalue weighted by Crippen LogP contribution is 2.30. The topological polar surface area (TPSA) is 143 Å². The molecule has 0 bridgehead atoms. The van der Waals surface area contributed by atoms with E-state index in [1.165, 1.54) is 20.3 Å². The quantitative estimate of drug-likeness (QED) is 0.332. The van der Waals surface area contributed by atoms with Gasteiger partial charge in [-0.05, 0) is 86.6 Å². The fraction of sp³-hybridized carbons (Fsp3) is 0.286. The van der Waals surface area contributed by atoms with Crippen molar-refractivity contribution in [1.29, 1.82) is 0 Å². The van der Waals surface area contributed by atoms with Gasteiger partial charge in [0.25, 0.3) is 11.8 Å². The van der Waals surface area contributed by atoms with Crippen molar-refractivity contribution in [3.63, 3.8) is 0 Å². The molecule has 10 nitrogen and oxygen atoms in total. The van der Waals surface area contributed by atoms with Crippen LogP contribution in [0.1, 0.15) is 66.8 Å². The van der Waals surface area contributed by atoms with Crippen molar-refractivity contribution in [2.75, 3.05) is 14.2 Å². The third-order valence-electron chi connectivity index (χ3n) is 8.31. The smallest absolute Gasteiger partial charge is 0.305 e. The number of carbonyl (C=O) groups excluding carboxylic acids is 4. The molecule has 0 saturated carbocycles. The van der Waals surface area contributed by atoms with Gasteiger partial charge in [0.2, 0.25) is 0 Å². The number of hydrogen-bond donors (Lipinski definition) is 3. The largest absolute Gasteiger partial charge is 0.469 e. The van der Waals surface area contributed by atoms with E-state index >= 15 is 0 Å². The Labute approximate surface area is 261 Å². The molecule has 2 aliphatic heterocycles. The van der Waals surface area contributed by atoms with Crippen LogP contribution in [0.2, 0.25) is 0 Å². The molecule has 2 aromatic rings. The second-order valence-corrected chi connectivity index (χ2v) is 10.9.